The summed E-state index contributed by atoms with van der Waals surface area (Å²) in [5, 5.41) is 47.2. The van der Waals surface area contributed by atoms with Gasteiger partial charge in [-0.2, -0.15) is 0 Å². The van der Waals surface area contributed by atoms with Gasteiger partial charge in [-0.15, -0.1) is 5.10 Å². The van der Waals surface area contributed by atoms with E-state index >= 15 is 0 Å². The zero-order valence-corrected chi connectivity index (χ0v) is 19.7. The molecule has 2 heterocycles. The minimum absolute atomic E-state index is 0.149. The molecule has 0 radical (unpaired) electrons. The van der Waals surface area contributed by atoms with Crippen molar-refractivity contribution in [2.75, 3.05) is 6.61 Å². The number of nitrogens with one attached hydrogen (secondary N) is 1. The van der Waals surface area contributed by atoms with Crippen LogP contribution in [0.3, 0.4) is 0 Å². The predicted octanol–water partition coefficient (Wildman–Crippen LogP) is 2.42. The van der Waals surface area contributed by atoms with Crippen LogP contribution in [0.15, 0.2) is 24.3 Å². The van der Waals surface area contributed by atoms with Crippen LogP contribution < -0.4 is 4.74 Å². The molecule has 3 rings (SSSR count). The summed E-state index contributed by atoms with van der Waals surface area (Å²) in [6.45, 7) is 7.79. The van der Waals surface area contributed by atoms with E-state index in [-0.39, 0.29) is 11.8 Å². The highest BCUT2D eigenvalue weighted by atomic mass is 16.7. The average molecular weight is 461 g/mol. The molecular weight excluding hydrogens is 424 g/mol. The van der Waals surface area contributed by atoms with Crippen molar-refractivity contribution in [3.8, 4) is 5.88 Å². The molecule has 1 aliphatic heterocycles. The number of ether oxygens (including phenoxy) is 2. The maximum Gasteiger partial charge on any atom is 0.238 e. The SMILES string of the molecule is CCC/C=C/c1ccc(Cc2c(O[C@@H]3O[C@H](CO)[C@@H](O)[C@H](O)[C@H]3O)n[nH]c2C(C)C)c(C)c1. The van der Waals surface area contributed by atoms with Gasteiger partial charge in [0.15, 0.2) is 0 Å². The molecule has 5 atom stereocenters. The van der Waals surface area contributed by atoms with Crippen molar-refractivity contribution in [2.45, 2.75) is 83.6 Å². The third-order valence-corrected chi connectivity index (χ3v) is 6.01. The number of rotatable bonds is 9. The van der Waals surface area contributed by atoms with E-state index in [0.29, 0.717) is 6.42 Å². The van der Waals surface area contributed by atoms with Crippen molar-refractivity contribution in [1.29, 1.82) is 0 Å². The van der Waals surface area contributed by atoms with Crippen LogP contribution in [-0.4, -0.2) is 67.9 Å². The Labute approximate surface area is 194 Å². The van der Waals surface area contributed by atoms with Crippen LogP contribution in [0.1, 0.15) is 67.5 Å². The Kier molecular flexibility index (Phi) is 8.67. The smallest absolute Gasteiger partial charge is 0.238 e. The predicted molar refractivity (Wildman–Crippen MR) is 125 cm³/mol. The number of unbranched alkanes of at least 4 members (excludes halogenated alkanes) is 1. The van der Waals surface area contributed by atoms with Crippen LogP contribution in [0.5, 0.6) is 5.88 Å². The van der Waals surface area contributed by atoms with E-state index in [9.17, 15) is 20.4 Å². The lowest BCUT2D eigenvalue weighted by Crippen LogP contribution is -2.60. The maximum atomic E-state index is 10.4. The second-order valence-corrected chi connectivity index (χ2v) is 8.94. The van der Waals surface area contributed by atoms with Gasteiger partial charge in [0.2, 0.25) is 12.2 Å². The quantitative estimate of drug-likeness (QED) is 0.389. The molecule has 1 saturated heterocycles. The fourth-order valence-electron chi connectivity index (χ4n) is 3.98. The van der Waals surface area contributed by atoms with Crippen molar-refractivity contribution in [3.05, 3.63) is 52.2 Å². The number of aliphatic hydroxyl groups excluding tert-OH is 4. The van der Waals surface area contributed by atoms with Crippen LogP contribution in [0.25, 0.3) is 6.08 Å². The lowest BCUT2D eigenvalue weighted by Gasteiger charge is -2.39. The summed E-state index contributed by atoms with van der Waals surface area (Å²) >= 11 is 0. The number of aliphatic hydroxyl groups is 4. The first-order chi connectivity index (χ1) is 15.8. The van der Waals surface area contributed by atoms with Gasteiger partial charge in [-0.1, -0.05) is 57.5 Å². The van der Waals surface area contributed by atoms with E-state index in [1.807, 2.05) is 13.8 Å². The largest absolute Gasteiger partial charge is 0.443 e. The lowest BCUT2D eigenvalue weighted by molar-refractivity contribution is -0.278. The number of H-pyrrole nitrogens is 1. The van der Waals surface area contributed by atoms with Gasteiger partial charge in [-0.3, -0.25) is 5.10 Å². The molecule has 8 heteroatoms. The molecule has 0 unspecified atom stereocenters. The highest BCUT2D eigenvalue weighted by Crippen LogP contribution is 2.32. The fourth-order valence-corrected chi connectivity index (χ4v) is 3.98. The summed E-state index contributed by atoms with van der Waals surface area (Å²) in [6.07, 6.45) is 0.248. The standard InChI is InChI=1S/C25H36N2O6/c1-5-6-7-8-16-9-10-17(15(4)11-16)12-18-20(14(2)3)26-27-24(18)33-25-23(31)22(30)21(29)19(13-28)32-25/h7-11,14,19,21-23,25,28-31H,5-6,12-13H2,1-4H3,(H,26,27)/b8-7+/t19-,21-,22+,23-,25+/m1/s1. The highest BCUT2D eigenvalue weighted by Gasteiger charge is 2.45. The van der Waals surface area contributed by atoms with Gasteiger partial charge >= 0.3 is 0 Å². The fraction of sp³-hybridized carbons (Fsp3) is 0.560. The molecule has 5 N–H and O–H groups in total. The summed E-state index contributed by atoms with van der Waals surface area (Å²) in [5.41, 5.74) is 5.15. The topological polar surface area (TPSA) is 128 Å². The second-order valence-electron chi connectivity index (χ2n) is 8.94. The van der Waals surface area contributed by atoms with Gasteiger partial charge in [-0.05, 0) is 36.0 Å². The number of hydrogen-bond acceptors (Lipinski definition) is 7. The van der Waals surface area contributed by atoms with Crippen LogP contribution >= 0.6 is 0 Å². The molecule has 0 spiro atoms. The molecule has 1 aliphatic rings. The van der Waals surface area contributed by atoms with Gasteiger partial charge in [0.05, 0.1) is 6.61 Å². The van der Waals surface area contributed by atoms with Gasteiger partial charge in [-0.25, -0.2) is 0 Å². The Morgan fingerprint density at radius 3 is 2.58 bits per heavy atom. The van der Waals surface area contributed by atoms with E-state index in [2.05, 4.69) is 54.4 Å². The van der Waals surface area contributed by atoms with E-state index in [0.717, 1.165) is 40.8 Å². The Morgan fingerprint density at radius 1 is 1.18 bits per heavy atom. The molecule has 0 aliphatic carbocycles. The first-order valence-corrected chi connectivity index (χ1v) is 11.6. The monoisotopic (exact) mass is 460 g/mol. The number of nitrogens with zero attached hydrogens (tertiary/aromatic N) is 1. The first-order valence-electron chi connectivity index (χ1n) is 11.6. The van der Waals surface area contributed by atoms with Crippen molar-refractivity contribution in [2.24, 2.45) is 0 Å². The van der Waals surface area contributed by atoms with Gasteiger partial charge in [0.25, 0.3) is 0 Å². The molecule has 1 aromatic carbocycles. The number of aromatic amines is 1. The van der Waals surface area contributed by atoms with Crippen LogP contribution in [0, 0.1) is 6.92 Å². The maximum absolute atomic E-state index is 10.4. The lowest BCUT2D eigenvalue weighted by atomic mass is 9.95. The Bertz CT molecular complexity index is 939. The summed E-state index contributed by atoms with van der Waals surface area (Å²) < 4.78 is 11.4. The Balaban J connectivity index is 1.85. The van der Waals surface area contributed by atoms with E-state index in [4.69, 9.17) is 9.47 Å². The minimum Gasteiger partial charge on any atom is -0.443 e. The zero-order valence-electron chi connectivity index (χ0n) is 19.7. The van der Waals surface area contributed by atoms with Gasteiger partial charge in [0, 0.05) is 17.7 Å². The van der Waals surface area contributed by atoms with E-state index in [1.165, 1.54) is 0 Å². The van der Waals surface area contributed by atoms with Crippen molar-refractivity contribution in [1.82, 2.24) is 10.2 Å². The molecule has 8 nitrogen and oxygen atoms in total. The molecule has 0 bridgehead atoms. The van der Waals surface area contributed by atoms with Crippen molar-refractivity contribution in [3.63, 3.8) is 0 Å². The van der Waals surface area contributed by atoms with Crippen LogP contribution in [-0.2, 0) is 11.2 Å². The van der Waals surface area contributed by atoms with E-state index in [1.54, 1.807) is 0 Å². The normalized spacial score (nSPS) is 25.8. The molecule has 0 amide bonds. The van der Waals surface area contributed by atoms with E-state index < -0.39 is 37.3 Å². The molecular formula is C25H36N2O6. The molecule has 1 aromatic heterocycles. The molecule has 182 valence electrons. The third-order valence-electron chi connectivity index (χ3n) is 6.01. The summed E-state index contributed by atoms with van der Waals surface area (Å²) in [4.78, 5) is 0. The van der Waals surface area contributed by atoms with Crippen molar-refractivity contribution >= 4 is 6.08 Å². The second kappa shape index (κ2) is 11.3. The number of allylic oxidation sites excluding steroid dienone is 1. The molecule has 1 fully saturated rings. The number of hydrogen-bond donors (Lipinski definition) is 5. The average Bonchev–Trinajstić information content (AvgIpc) is 3.18. The third kappa shape index (κ3) is 5.83. The number of aryl methyl sites for hydroxylation is 1. The molecule has 33 heavy (non-hydrogen) atoms. The van der Waals surface area contributed by atoms with Gasteiger partial charge < -0.3 is 29.9 Å². The summed E-state index contributed by atoms with van der Waals surface area (Å²) in [7, 11) is 0. The molecule has 0 saturated carbocycles. The highest BCUT2D eigenvalue weighted by molar-refractivity contribution is 5.52. The number of benzene rings is 1. The van der Waals surface area contributed by atoms with Crippen molar-refractivity contribution < 1.29 is 29.9 Å². The van der Waals surface area contributed by atoms with Gasteiger partial charge in [0.1, 0.15) is 24.4 Å². The minimum atomic E-state index is -1.51. The first kappa shape index (κ1) is 25.4. The zero-order chi connectivity index (χ0) is 24.1. The molecule has 2 aromatic rings. The number of aromatic nitrogens is 2. The Hall–Kier alpha value is -2.23. The summed E-state index contributed by atoms with van der Waals surface area (Å²) in [5.74, 6) is 0.408. The summed E-state index contributed by atoms with van der Waals surface area (Å²) in [6, 6.07) is 6.33. The Morgan fingerprint density at radius 2 is 1.94 bits per heavy atom. The van der Waals surface area contributed by atoms with Crippen LogP contribution in [0.2, 0.25) is 0 Å². The van der Waals surface area contributed by atoms with Crippen LogP contribution in [0.4, 0.5) is 0 Å².